The highest BCUT2D eigenvalue weighted by atomic mass is 19.1. The third kappa shape index (κ3) is 1.86. The number of carbonyl (C=O) groups excluding carboxylic acids is 1. The van der Waals surface area contributed by atoms with Crippen molar-refractivity contribution < 1.29 is 13.9 Å². The number of ketones is 1. The molecule has 1 heterocycles. The van der Waals surface area contributed by atoms with Crippen molar-refractivity contribution in [3.05, 3.63) is 35.1 Å². The van der Waals surface area contributed by atoms with Crippen molar-refractivity contribution in [2.24, 2.45) is 5.73 Å². The van der Waals surface area contributed by atoms with Gasteiger partial charge in [0.05, 0.1) is 6.61 Å². The number of hydrogen-bond acceptors (Lipinski definition) is 3. The van der Waals surface area contributed by atoms with Crippen LogP contribution in [0, 0.1) is 12.7 Å². The van der Waals surface area contributed by atoms with Gasteiger partial charge in [-0.15, -0.1) is 0 Å². The fraction of sp³-hybridized carbons (Fsp3) is 0.417. The SMILES string of the molecule is Cc1ccc(C(=O)C2(N)CCOC2)cc1F. The first-order valence-corrected chi connectivity index (χ1v) is 5.20. The first kappa shape index (κ1) is 11.2. The second-order valence-electron chi connectivity index (χ2n) is 4.25. The third-order valence-corrected chi connectivity index (χ3v) is 2.94. The molecular formula is C12H14FNO2. The van der Waals surface area contributed by atoms with Crippen LogP contribution in [0.5, 0.6) is 0 Å². The van der Waals surface area contributed by atoms with Crippen molar-refractivity contribution in [2.45, 2.75) is 18.9 Å². The van der Waals surface area contributed by atoms with Gasteiger partial charge in [-0.05, 0) is 25.0 Å². The van der Waals surface area contributed by atoms with E-state index in [9.17, 15) is 9.18 Å². The lowest BCUT2D eigenvalue weighted by Crippen LogP contribution is -2.48. The van der Waals surface area contributed by atoms with Crippen molar-refractivity contribution in [2.75, 3.05) is 13.2 Å². The zero-order valence-corrected chi connectivity index (χ0v) is 9.13. The summed E-state index contributed by atoms with van der Waals surface area (Å²) in [5, 5.41) is 0. The fourth-order valence-electron chi connectivity index (χ4n) is 1.78. The summed E-state index contributed by atoms with van der Waals surface area (Å²) in [7, 11) is 0. The van der Waals surface area contributed by atoms with Gasteiger partial charge in [-0.2, -0.15) is 0 Å². The number of aryl methyl sites for hydroxylation is 1. The molecule has 0 amide bonds. The summed E-state index contributed by atoms with van der Waals surface area (Å²) >= 11 is 0. The van der Waals surface area contributed by atoms with Gasteiger partial charge in [0.1, 0.15) is 11.4 Å². The summed E-state index contributed by atoms with van der Waals surface area (Å²) < 4.78 is 18.4. The van der Waals surface area contributed by atoms with Crippen LogP contribution in [-0.2, 0) is 4.74 Å². The molecule has 0 spiro atoms. The summed E-state index contributed by atoms with van der Waals surface area (Å²) in [6.07, 6.45) is 0.487. The number of rotatable bonds is 2. The molecule has 0 aliphatic carbocycles. The van der Waals surface area contributed by atoms with Crippen LogP contribution < -0.4 is 5.73 Å². The average molecular weight is 223 g/mol. The van der Waals surface area contributed by atoms with Crippen LogP contribution in [0.3, 0.4) is 0 Å². The lowest BCUT2D eigenvalue weighted by Gasteiger charge is -2.20. The standard InChI is InChI=1S/C12H14FNO2/c1-8-2-3-9(6-10(8)13)11(15)12(14)4-5-16-7-12/h2-3,6H,4-5,7,14H2,1H3. The number of halogens is 1. The molecule has 2 rings (SSSR count). The number of Topliss-reactive ketones (excluding diaryl/α,β-unsaturated/α-hetero) is 1. The zero-order valence-electron chi connectivity index (χ0n) is 9.13. The quantitative estimate of drug-likeness (QED) is 0.772. The molecule has 4 heteroatoms. The van der Waals surface area contributed by atoms with Crippen molar-refractivity contribution in [3.63, 3.8) is 0 Å². The Morgan fingerprint density at radius 3 is 2.88 bits per heavy atom. The molecular weight excluding hydrogens is 209 g/mol. The minimum atomic E-state index is -0.984. The minimum absolute atomic E-state index is 0.210. The van der Waals surface area contributed by atoms with Crippen LogP contribution in [-0.4, -0.2) is 24.5 Å². The Morgan fingerprint density at radius 2 is 2.31 bits per heavy atom. The average Bonchev–Trinajstić information content (AvgIpc) is 2.70. The van der Waals surface area contributed by atoms with Crippen LogP contribution in [0.1, 0.15) is 22.3 Å². The topological polar surface area (TPSA) is 52.3 Å². The van der Waals surface area contributed by atoms with E-state index in [0.717, 1.165) is 0 Å². The summed E-state index contributed by atoms with van der Waals surface area (Å²) in [6, 6.07) is 4.43. The molecule has 16 heavy (non-hydrogen) atoms. The van der Waals surface area contributed by atoms with Crippen LogP contribution in [0.15, 0.2) is 18.2 Å². The monoisotopic (exact) mass is 223 g/mol. The van der Waals surface area contributed by atoms with Gasteiger partial charge in [-0.1, -0.05) is 12.1 Å². The highest BCUT2D eigenvalue weighted by Crippen LogP contribution is 2.22. The van der Waals surface area contributed by atoms with E-state index >= 15 is 0 Å². The van der Waals surface area contributed by atoms with Gasteiger partial charge in [-0.3, -0.25) is 4.79 Å². The largest absolute Gasteiger partial charge is 0.379 e. The van der Waals surface area contributed by atoms with E-state index in [2.05, 4.69) is 0 Å². The van der Waals surface area contributed by atoms with E-state index in [-0.39, 0.29) is 18.2 Å². The molecule has 86 valence electrons. The van der Waals surface area contributed by atoms with E-state index < -0.39 is 5.54 Å². The predicted octanol–water partition coefficient (Wildman–Crippen LogP) is 1.43. The zero-order chi connectivity index (χ0) is 11.8. The highest BCUT2D eigenvalue weighted by molar-refractivity contribution is 6.03. The van der Waals surface area contributed by atoms with Crippen LogP contribution in [0.25, 0.3) is 0 Å². The number of carbonyl (C=O) groups is 1. The Balaban J connectivity index is 2.30. The molecule has 1 atom stereocenters. The molecule has 2 N–H and O–H groups in total. The summed E-state index contributed by atoms with van der Waals surface area (Å²) in [6.45, 7) is 2.35. The normalized spacial score (nSPS) is 24.7. The molecule has 1 saturated heterocycles. The van der Waals surface area contributed by atoms with Crippen LogP contribution in [0.4, 0.5) is 4.39 Å². The summed E-state index contributed by atoms with van der Waals surface area (Å²) in [5.74, 6) is -0.628. The number of ether oxygens (including phenoxy) is 1. The summed E-state index contributed by atoms with van der Waals surface area (Å²) in [5.41, 5.74) is 5.78. The molecule has 1 unspecified atom stereocenters. The molecule has 1 aromatic carbocycles. The Kier molecular flexibility index (Phi) is 2.78. The minimum Gasteiger partial charge on any atom is -0.379 e. The van der Waals surface area contributed by atoms with Gasteiger partial charge in [0.25, 0.3) is 0 Å². The molecule has 0 bridgehead atoms. The second kappa shape index (κ2) is 3.96. The third-order valence-electron chi connectivity index (χ3n) is 2.94. The van der Waals surface area contributed by atoms with Gasteiger partial charge in [0.15, 0.2) is 5.78 Å². The first-order valence-electron chi connectivity index (χ1n) is 5.20. The lowest BCUT2D eigenvalue weighted by molar-refractivity contribution is 0.0862. The van der Waals surface area contributed by atoms with Gasteiger partial charge >= 0.3 is 0 Å². The highest BCUT2D eigenvalue weighted by Gasteiger charge is 2.38. The molecule has 1 aliphatic rings. The van der Waals surface area contributed by atoms with Crippen molar-refractivity contribution in [3.8, 4) is 0 Å². The molecule has 1 aliphatic heterocycles. The maximum absolute atomic E-state index is 13.3. The van der Waals surface area contributed by atoms with E-state index in [1.54, 1.807) is 19.1 Å². The van der Waals surface area contributed by atoms with Crippen molar-refractivity contribution in [1.29, 1.82) is 0 Å². The van der Waals surface area contributed by atoms with Crippen LogP contribution in [0.2, 0.25) is 0 Å². The van der Waals surface area contributed by atoms with Gasteiger partial charge in [0, 0.05) is 12.2 Å². The van der Waals surface area contributed by atoms with Gasteiger partial charge in [-0.25, -0.2) is 4.39 Å². The number of benzene rings is 1. The van der Waals surface area contributed by atoms with E-state index in [0.29, 0.717) is 24.2 Å². The van der Waals surface area contributed by atoms with E-state index in [1.807, 2.05) is 0 Å². The Hall–Kier alpha value is -1.26. The van der Waals surface area contributed by atoms with Gasteiger partial charge in [0.2, 0.25) is 0 Å². The Morgan fingerprint density at radius 1 is 1.56 bits per heavy atom. The molecule has 0 saturated carbocycles. The Bertz CT molecular complexity index is 425. The molecule has 0 radical (unpaired) electrons. The van der Waals surface area contributed by atoms with Crippen LogP contribution >= 0.6 is 0 Å². The maximum atomic E-state index is 13.3. The molecule has 1 fully saturated rings. The first-order chi connectivity index (χ1) is 7.53. The second-order valence-corrected chi connectivity index (χ2v) is 4.25. The Labute approximate surface area is 93.4 Å². The summed E-state index contributed by atoms with van der Waals surface area (Å²) in [4.78, 5) is 12.1. The fourth-order valence-corrected chi connectivity index (χ4v) is 1.78. The van der Waals surface area contributed by atoms with E-state index in [1.165, 1.54) is 6.07 Å². The van der Waals surface area contributed by atoms with Crippen molar-refractivity contribution in [1.82, 2.24) is 0 Å². The number of nitrogens with two attached hydrogens (primary N) is 1. The van der Waals surface area contributed by atoms with E-state index in [4.69, 9.17) is 10.5 Å². The lowest BCUT2D eigenvalue weighted by atomic mass is 9.89. The van der Waals surface area contributed by atoms with Crippen molar-refractivity contribution >= 4 is 5.78 Å². The van der Waals surface area contributed by atoms with Gasteiger partial charge < -0.3 is 10.5 Å². The molecule has 1 aromatic rings. The molecule has 3 nitrogen and oxygen atoms in total. The smallest absolute Gasteiger partial charge is 0.185 e. The maximum Gasteiger partial charge on any atom is 0.185 e. The number of hydrogen-bond donors (Lipinski definition) is 1. The predicted molar refractivity (Wildman–Crippen MR) is 57.8 cm³/mol. The molecule has 0 aromatic heterocycles.